The molecule has 1 aromatic heterocycles. The van der Waals surface area contributed by atoms with Crippen LogP contribution in [-0.4, -0.2) is 93.9 Å². The Balaban J connectivity index is 1.06. The average Bonchev–Trinajstić information content (AvgIpc) is 3.54. The van der Waals surface area contributed by atoms with Crippen molar-refractivity contribution >= 4 is 46.3 Å². The summed E-state index contributed by atoms with van der Waals surface area (Å²) in [4.78, 5) is 56.9. The maximum absolute atomic E-state index is 12.8. The van der Waals surface area contributed by atoms with Crippen LogP contribution in [-0.2, 0) is 32.1 Å². The zero-order valence-electron chi connectivity index (χ0n) is 25.5. The number of aromatic nitrogens is 1. The molecule has 2 aliphatic rings. The summed E-state index contributed by atoms with van der Waals surface area (Å²) in [6.45, 7) is 6.73. The van der Waals surface area contributed by atoms with E-state index in [0.717, 1.165) is 67.7 Å². The van der Waals surface area contributed by atoms with Crippen LogP contribution < -0.4 is 5.32 Å². The fourth-order valence-corrected chi connectivity index (χ4v) is 6.55. The van der Waals surface area contributed by atoms with Crippen molar-refractivity contribution in [2.24, 2.45) is 0 Å². The number of nitrogens with zero attached hydrogens (tertiary/aromatic N) is 3. The van der Waals surface area contributed by atoms with E-state index >= 15 is 0 Å². The summed E-state index contributed by atoms with van der Waals surface area (Å²) in [5.41, 5.74) is 3.23. The number of rotatable bonds is 16. The van der Waals surface area contributed by atoms with Gasteiger partial charge in [0, 0.05) is 81.8 Å². The molecule has 4 amide bonds. The van der Waals surface area contributed by atoms with Crippen molar-refractivity contribution in [1.29, 1.82) is 0 Å². The molecule has 0 unspecified atom stereocenters. The molecule has 3 heterocycles. The predicted molar refractivity (Wildman–Crippen MR) is 169 cm³/mol. The molecule has 1 aromatic carbocycles. The lowest BCUT2D eigenvalue weighted by molar-refractivity contribution is -0.137. The second kappa shape index (κ2) is 16.0. The Morgan fingerprint density at radius 1 is 0.930 bits per heavy atom. The van der Waals surface area contributed by atoms with Gasteiger partial charge in [-0.15, -0.1) is 11.8 Å². The number of thioether (sulfide) groups is 1. The fraction of sp³-hybridized carbons (Fsp3) is 0.562. The molecule has 43 heavy (non-hydrogen) atoms. The standard InChI is InChI=1S/C32H45N5O5S/c1-3-23-24-12-13-26(38)25(31(24)34-32(23)43-2)22-35-18-20-36(21-19-35)28(40)11-7-4-8-16-33-27(39)10-6-5-9-17-37-29(41)14-15-30(37)42/h12-15,34,38H,3-11,16-22H2,1-2H3,(H,33,39). The third-order valence-corrected chi connectivity index (χ3v) is 9.12. The Bertz CT molecular complexity index is 1310. The predicted octanol–water partition coefficient (Wildman–Crippen LogP) is 3.96. The normalized spacial score (nSPS) is 15.7. The number of carbonyl (C=O) groups excluding carboxylic acids is 4. The number of aromatic hydroxyl groups is 1. The van der Waals surface area contributed by atoms with E-state index in [1.807, 2.05) is 11.0 Å². The molecule has 0 saturated carbocycles. The zero-order chi connectivity index (χ0) is 30.8. The Labute approximate surface area is 258 Å². The van der Waals surface area contributed by atoms with Crippen molar-refractivity contribution < 1.29 is 24.3 Å². The summed E-state index contributed by atoms with van der Waals surface area (Å²) in [7, 11) is 0. The highest BCUT2D eigenvalue weighted by atomic mass is 32.2. The van der Waals surface area contributed by atoms with Crippen molar-refractivity contribution in [2.45, 2.75) is 76.3 Å². The van der Waals surface area contributed by atoms with Crippen LogP contribution in [0.1, 0.15) is 69.4 Å². The smallest absolute Gasteiger partial charge is 0.253 e. The van der Waals surface area contributed by atoms with Gasteiger partial charge in [0.05, 0.1) is 10.5 Å². The Hall–Kier alpha value is -3.31. The first-order valence-corrected chi connectivity index (χ1v) is 16.7. The number of amides is 4. The number of unbranched alkanes of at least 4 members (excludes halogenated alkanes) is 4. The van der Waals surface area contributed by atoms with E-state index in [9.17, 15) is 24.3 Å². The van der Waals surface area contributed by atoms with Crippen LogP contribution >= 0.6 is 11.8 Å². The maximum atomic E-state index is 12.8. The topological polar surface area (TPSA) is 126 Å². The molecule has 0 radical (unpaired) electrons. The lowest BCUT2D eigenvalue weighted by atomic mass is 10.1. The zero-order valence-corrected chi connectivity index (χ0v) is 26.3. The molecule has 4 rings (SSSR count). The van der Waals surface area contributed by atoms with E-state index in [1.54, 1.807) is 17.8 Å². The molecule has 234 valence electrons. The molecule has 11 heteroatoms. The van der Waals surface area contributed by atoms with E-state index in [1.165, 1.54) is 28.0 Å². The van der Waals surface area contributed by atoms with Crippen LogP contribution in [0.15, 0.2) is 29.3 Å². The van der Waals surface area contributed by atoms with Crippen LogP contribution in [0.5, 0.6) is 5.75 Å². The number of fused-ring (bicyclic) bond motifs is 1. The maximum Gasteiger partial charge on any atom is 0.253 e. The average molecular weight is 612 g/mol. The summed E-state index contributed by atoms with van der Waals surface area (Å²) >= 11 is 1.70. The van der Waals surface area contributed by atoms with E-state index in [2.05, 4.69) is 28.4 Å². The minimum Gasteiger partial charge on any atom is -0.508 e. The van der Waals surface area contributed by atoms with E-state index in [0.29, 0.717) is 57.7 Å². The monoisotopic (exact) mass is 611 g/mol. The summed E-state index contributed by atoms with van der Waals surface area (Å²) in [6.07, 6.45) is 11.3. The number of hydrogen-bond donors (Lipinski definition) is 3. The van der Waals surface area contributed by atoms with Crippen molar-refractivity contribution in [3.8, 4) is 5.75 Å². The first kappa shape index (κ1) is 32.6. The number of phenolic OH excluding ortho intramolecular Hbond substituents is 1. The van der Waals surface area contributed by atoms with E-state index in [-0.39, 0.29) is 23.6 Å². The third-order valence-electron chi connectivity index (χ3n) is 8.37. The lowest BCUT2D eigenvalue weighted by Crippen LogP contribution is -2.48. The number of hydrogen-bond acceptors (Lipinski definition) is 7. The number of phenols is 1. The molecular formula is C32H45N5O5S. The van der Waals surface area contributed by atoms with Crippen LogP contribution in [0.25, 0.3) is 10.9 Å². The number of nitrogens with one attached hydrogen (secondary N) is 2. The van der Waals surface area contributed by atoms with Gasteiger partial charge in [0.1, 0.15) is 5.75 Å². The molecule has 2 aromatic rings. The van der Waals surface area contributed by atoms with Crippen LogP contribution in [0.3, 0.4) is 0 Å². The molecule has 3 N–H and O–H groups in total. The van der Waals surface area contributed by atoms with Gasteiger partial charge in [0.15, 0.2) is 0 Å². The largest absolute Gasteiger partial charge is 0.508 e. The molecule has 0 aliphatic carbocycles. The van der Waals surface area contributed by atoms with Gasteiger partial charge in [-0.2, -0.15) is 0 Å². The molecule has 2 aliphatic heterocycles. The number of carbonyl (C=O) groups is 4. The van der Waals surface area contributed by atoms with Gasteiger partial charge in [-0.1, -0.05) is 19.8 Å². The fourth-order valence-electron chi connectivity index (χ4n) is 5.84. The second-order valence-corrected chi connectivity index (χ2v) is 12.1. The highest BCUT2D eigenvalue weighted by Crippen LogP contribution is 2.35. The molecule has 1 saturated heterocycles. The molecule has 0 spiro atoms. The van der Waals surface area contributed by atoms with Crippen molar-refractivity contribution in [3.05, 3.63) is 35.4 Å². The summed E-state index contributed by atoms with van der Waals surface area (Å²) in [6, 6.07) is 3.80. The molecule has 0 bridgehead atoms. The van der Waals surface area contributed by atoms with Gasteiger partial charge in [-0.05, 0) is 56.1 Å². The highest BCUT2D eigenvalue weighted by molar-refractivity contribution is 7.98. The van der Waals surface area contributed by atoms with Gasteiger partial charge >= 0.3 is 0 Å². The summed E-state index contributed by atoms with van der Waals surface area (Å²) < 4.78 is 0. The molecule has 10 nitrogen and oxygen atoms in total. The van der Waals surface area contributed by atoms with Gasteiger partial charge in [0.2, 0.25) is 11.8 Å². The minimum atomic E-state index is -0.263. The van der Waals surface area contributed by atoms with Gasteiger partial charge in [0.25, 0.3) is 11.8 Å². The number of aryl methyl sites for hydroxylation is 1. The number of piperazine rings is 1. The van der Waals surface area contributed by atoms with Gasteiger partial charge in [-0.25, -0.2) is 0 Å². The summed E-state index contributed by atoms with van der Waals surface area (Å²) in [5.74, 6) is -0.0199. The van der Waals surface area contributed by atoms with Crippen LogP contribution in [0.4, 0.5) is 0 Å². The SMILES string of the molecule is CCc1c(SC)[nH]c2c(CN3CCN(C(=O)CCCCCNC(=O)CCCCCN4C(=O)C=CC4=O)CC3)c(O)ccc12. The van der Waals surface area contributed by atoms with Gasteiger partial charge < -0.3 is 20.3 Å². The van der Waals surface area contributed by atoms with Gasteiger partial charge in [-0.3, -0.25) is 29.0 Å². The highest BCUT2D eigenvalue weighted by Gasteiger charge is 2.24. The number of H-pyrrole nitrogens is 1. The number of benzene rings is 1. The second-order valence-electron chi connectivity index (χ2n) is 11.3. The third kappa shape index (κ3) is 8.63. The number of aromatic amines is 1. The van der Waals surface area contributed by atoms with Crippen molar-refractivity contribution in [2.75, 3.05) is 45.5 Å². The first-order chi connectivity index (χ1) is 20.8. The Morgan fingerprint density at radius 3 is 2.33 bits per heavy atom. The Kier molecular flexibility index (Phi) is 12.1. The molecule has 0 atom stereocenters. The molecular weight excluding hydrogens is 566 g/mol. The Morgan fingerprint density at radius 2 is 1.63 bits per heavy atom. The van der Waals surface area contributed by atoms with E-state index < -0.39 is 0 Å². The quantitative estimate of drug-likeness (QED) is 0.149. The summed E-state index contributed by atoms with van der Waals surface area (Å²) in [5, 5.41) is 15.9. The van der Waals surface area contributed by atoms with Crippen LogP contribution in [0.2, 0.25) is 0 Å². The van der Waals surface area contributed by atoms with E-state index in [4.69, 9.17) is 0 Å². The lowest BCUT2D eigenvalue weighted by Gasteiger charge is -2.35. The van der Waals surface area contributed by atoms with Crippen molar-refractivity contribution in [1.82, 2.24) is 25.0 Å². The number of imide groups is 1. The molecule has 1 fully saturated rings. The minimum absolute atomic E-state index is 0.0141. The first-order valence-electron chi connectivity index (χ1n) is 15.5. The van der Waals surface area contributed by atoms with Crippen molar-refractivity contribution in [3.63, 3.8) is 0 Å². The van der Waals surface area contributed by atoms with Crippen LogP contribution in [0, 0.1) is 0 Å².